The minimum absolute atomic E-state index is 0.151. The quantitative estimate of drug-likeness (QED) is 0.278. The summed E-state index contributed by atoms with van der Waals surface area (Å²) in [7, 11) is 0. The maximum atomic E-state index is 12.7. The number of alkyl carbamates (subject to hydrolysis) is 1. The molecule has 1 N–H and O–H groups in total. The van der Waals surface area contributed by atoms with Crippen molar-refractivity contribution in [2.24, 2.45) is 40.4 Å². The van der Waals surface area contributed by atoms with Crippen LogP contribution in [0, 0.1) is 40.4 Å². The third kappa shape index (κ3) is 6.07. The Morgan fingerprint density at radius 2 is 1.63 bits per heavy atom. The van der Waals surface area contributed by atoms with Crippen molar-refractivity contribution in [3.05, 3.63) is 0 Å². The number of ketones is 1. The highest BCUT2D eigenvalue weighted by molar-refractivity contribution is 7.99. The molecule has 0 spiro atoms. The number of amides is 1. The standard InChI is InChI=1S/C31H51NO5S/c1-20(33)23-10-11-24-22-9-8-21-18-29(5,14-15-30(21,6)25(22)12-13-31(23,24)7)36-26(34)19-38-17-16-32-27(35)37-28(2,3)4/h21-25H,8-19H2,1-7H3,(H,32,35)/t21-,22-,23+,24-,25-,29+,30-,31+/m0/s1. The Morgan fingerprint density at radius 3 is 2.32 bits per heavy atom. The summed E-state index contributed by atoms with van der Waals surface area (Å²) >= 11 is 1.49. The first-order valence-electron chi connectivity index (χ1n) is 14.9. The van der Waals surface area contributed by atoms with Gasteiger partial charge < -0.3 is 14.8 Å². The summed E-state index contributed by atoms with van der Waals surface area (Å²) in [5.74, 6) is 4.23. The maximum absolute atomic E-state index is 12.7. The van der Waals surface area contributed by atoms with Gasteiger partial charge in [0, 0.05) is 18.2 Å². The normalized spacial score (nSPS) is 40.3. The number of rotatable bonds is 7. The summed E-state index contributed by atoms with van der Waals surface area (Å²) in [5.41, 5.74) is -0.389. The summed E-state index contributed by atoms with van der Waals surface area (Å²) in [6, 6.07) is 0. The lowest BCUT2D eigenvalue weighted by Gasteiger charge is -2.62. The number of carbonyl (C=O) groups is 3. The Kier molecular flexibility index (Phi) is 8.58. The second-order valence-corrected chi connectivity index (χ2v) is 15.7. The van der Waals surface area contributed by atoms with Gasteiger partial charge in [0.2, 0.25) is 0 Å². The van der Waals surface area contributed by atoms with E-state index in [4.69, 9.17) is 9.47 Å². The molecule has 0 heterocycles. The van der Waals surface area contributed by atoms with Crippen molar-refractivity contribution < 1.29 is 23.9 Å². The smallest absolute Gasteiger partial charge is 0.407 e. The van der Waals surface area contributed by atoms with Crippen LogP contribution in [0.3, 0.4) is 0 Å². The molecule has 8 atom stereocenters. The molecule has 4 rings (SSSR count). The molecule has 0 radical (unpaired) electrons. The lowest BCUT2D eigenvalue weighted by atomic mass is 9.44. The number of nitrogens with one attached hydrogen (secondary N) is 1. The van der Waals surface area contributed by atoms with Gasteiger partial charge in [-0.2, -0.15) is 0 Å². The van der Waals surface area contributed by atoms with Crippen LogP contribution in [0.2, 0.25) is 0 Å². The van der Waals surface area contributed by atoms with Gasteiger partial charge in [-0.1, -0.05) is 13.8 Å². The molecule has 4 aliphatic carbocycles. The molecule has 0 aliphatic heterocycles. The van der Waals surface area contributed by atoms with Crippen LogP contribution >= 0.6 is 11.8 Å². The van der Waals surface area contributed by atoms with Gasteiger partial charge in [0.05, 0.1) is 5.75 Å². The number of hydrogen-bond acceptors (Lipinski definition) is 6. The molecule has 0 aromatic rings. The molecule has 7 heteroatoms. The molecule has 0 aromatic heterocycles. The second-order valence-electron chi connectivity index (χ2n) is 14.6. The average molecular weight is 550 g/mol. The van der Waals surface area contributed by atoms with E-state index < -0.39 is 11.7 Å². The van der Waals surface area contributed by atoms with Crippen molar-refractivity contribution in [3.63, 3.8) is 0 Å². The van der Waals surface area contributed by atoms with E-state index in [0.717, 1.165) is 37.5 Å². The largest absolute Gasteiger partial charge is 0.459 e. The van der Waals surface area contributed by atoms with Gasteiger partial charge in [0.15, 0.2) is 0 Å². The summed E-state index contributed by atoms with van der Waals surface area (Å²) in [6.07, 6.45) is 9.81. The third-order valence-corrected chi connectivity index (χ3v) is 11.9. The van der Waals surface area contributed by atoms with Crippen LogP contribution in [0.15, 0.2) is 0 Å². The van der Waals surface area contributed by atoms with Gasteiger partial charge in [-0.3, -0.25) is 9.59 Å². The van der Waals surface area contributed by atoms with E-state index >= 15 is 0 Å². The van der Waals surface area contributed by atoms with Gasteiger partial charge in [-0.05, 0) is 127 Å². The van der Waals surface area contributed by atoms with Crippen molar-refractivity contribution >= 4 is 29.6 Å². The Morgan fingerprint density at radius 1 is 0.921 bits per heavy atom. The second kappa shape index (κ2) is 11.0. The van der Waals surface area contributed by atoms with Crippen LogP contribution in [0.1, 0.15) is 106 Å². The van der Waals surface area contributed by atoms with E-state index in [-0.39, 0.29) is 22.9 Å². The Hall–Kier alpha value is -1.24. The molecule has 38 heavy (non-hydrogen) atoms. The number of Topliss-reactive ketones (excluding diaryl/α,β-unsaturated/α-hetero) is 1. The van der Waals surface area contributed by atoms with Crippen molar-refractivity contribution in [3.8, 4) is 0 Å². The zero-order valence-electron chi connectivity index (χ0n) is 24.8. The molecule has 0 unspecified atom stereocenters. The summed E-state index contributed by atoms with van der Waals surface area (Å²) in [5, 5.41) is 2.73. The highest BCUT2D eigenvalue weighted by atomic mass is 32.2. The highest BCUT2D eigenvalue weighted by Crippen LogP contribution is 2.68. The number of esters is 1. The van der Waals surface area contributed by atoms with Crippen molar-refractivity contribution in [1.29, 1.82) is 0 Å². The van der Waals surface area contributed by atoms with E-state index in [1.165, 1.54) is 43.9 Å². The molecule has 6 nitrogen and oxygen atoms in total. The van der Waals surface area contributed by atoms with E-state index in [1.807, 2.05) is 27.7 Å². The average Bonchev–Trinajstić information content (AvgIpc) is 3.15. The Bertz CT molecular complexity index is 916. The molecule has 0 saturated heterocycles. The molecule has 0 bridgehead atoms. The Labute approximate surface area is 234 Å². The number of hydrogen-bond donors (Lipinski definition) is 1. The van der Waals surface area contributed by atoms with Gasteiger partial charge >= 0.3 is 12.1 Å². The van der Waals surface area contributed by atoms with Crippen LogP contribution in [-0.2, 0) is 19.1 Å². The maximum Gasteiger partial charge on any atom is 0.407 e. The number of thioether (sulfide) groups is 1. The molecule has 4 fully saturated rings. The lowest BCUT2D eigenvalue weighted by Crippen LogP contribution is -2.56. The fraction of sp³-hybridized carbons (Fsp3) is 0.903. The molecule has 4 aliphatic rings. The van der Waals surface area contributed by atoms with E-state index in [1.54, 1.807) is 0 Å². The number of fused-ring (bicyclic) bond motifs is 5. The minimum Gasteiger partial charge on any atom is -0.459 e. The molecule has 4 saturated carbocycles. The van der Waals surface area contributed by atoms with Crippen molar-refractivity contribution in [2.45, 2.75) is 117 Å². The van der Waals surface area contributed by atoms with E-state index in [2.05, 4.69) is 26.1 Å². The van der Waals surface area contributed by atoms with Gasteiger partial charge in [0.1, 0.15) is 17.0 Å². The third-order valence-electron chi connectivity index (χ3n) is 10.9. The van der Waals surface area contributed by atoms with Crippen LogP contribution < -0.4 is 5.32 Å². The predicted molar refractivity (Wildman–Crippen MR) is 152 cm³/mol. The van der Waals surface area contributed by atoms with Crippen LogP contribution in [0.25, 0.3) is 0 Å². The molecule has 0 aromatic carbocycles. The molecule has 1 amide bonds. The first-order chi connectivity index (χ1) is 17.7. The summed E-state index contributed by atoms with van der Waals surface area (Å²) in [6.45, 7) is 14.9. The number of ether oxygens (including phenoxy) is 2. The highest BCUT2D eigenvalue weighted by Gasteiger charge is 2.61. The predicted octanol–water partition coefficient (Wildman–Crippen LogP) is 6.79. The molecular formula is C31H51NO5S. The molecule has 216 valence electrons. The van der Waals surface area contributed by atoms with Gasteiger partial charge in [0.25, 0.3) is 0 Å². The van der Waals surface area contributed by atoms with Gasteiger partial charge in [-0.25, -0.2) is 4.79 Å². The summed E-state index contributed by atoms with van der Waals surface area (Å²) < 4.78 is 11.4. The fourth-order valence-corrected chi connectivity index (χ4v) is 9.79. The molecular weight excluding hydrogens is 498 g/mol. The monoisotopic (exact) mass is 549 g/mol. The van der Waals surface area contributed by atoms with Crippen molar-refractivity contribution in [1.82, 2.24) is 5.32 Å². The number of carbonyl (C=O) groups excluding carboxylic acids is 3. The Balaban J connectivity index is 1.26. The zero-order valence-corrected chi connectivity index (χ0v) is 25.6. The minimum atomic E-state index is -0.515. The van der Waals surface area contributed by atoms with E-state index in [0.29, 0.717) is 41.1 Å². The first kappa shape index (κ1) is 29.7. The van der Waals surface area contributed by atoms with Crippen LogP contribution in [0.5, 0.6) is 0 Å². The first-order valence-corrected chi connectivity index (χ1v) is 16.1. The topological polar surface area (TPSA) is 81.7 Å². The van der Waals surface area contributed by atoms with E-state index in [9.17, 15) is 14.4 Å². The zero-order chi connectivity index (χ0) is 27.9. The fourth-order valence-electron chi connectivity index (χ4n) is 9.18. The summed E-state index contributed by atoms with van der Waals surface area (Å²) in [4.78, 5) is 36.9. The SMILES string of the molecule is CC(=O)[C@H]1CC[C@H]2[C@@H]3CC[C@H]4C[C@](C)(OC(=O)CSCCNC(=O)OC(C)(C)C)CC[C@]4(C)[C@H]3CC[C@]12C. The lowest BCUT2D eigenvalue weighted by molar-refractivity contribution is -0.178. The van der Waals surface area contributed by atoms with Crippen LogP contribution in [-0.4, -0.2) is 47.1 Å². The van der Waals surface area contributed by atoms with Gasteiger partial charge in [-0.15, -0.1) is 11.8 Å². The van der Waals surface area contributed by atoms with Crippen molar-refractivity contribution in [2.75, 3.05) is 18.1 Å². The van der Waals surface area contributed by atoms with Crippen LogP contribution in [0.4, 0.5) is 4.79 Å².